The van der Waals surface area contributed by atoms with Crippen molar-refractivity contribution in [3.8, 4) is 5.88 Å². The molecular formula is C28H23ClN4O3. The fourth-order valence-corrected chi connectivity index (χ4v) is 4.31. The molecule has 0 amide bonds. The number of nitrogens with one attached hydrogen (secondary N) is 1. The second-order valence-electron chi connectivity index (χ2n) is 8.49. The van der Waals surface area contributed by atoms with Gasteiger partial charge in [0.05, 0.1) is 28.8 Å². The van der Waals surface area contributed by atoms with E-state index < -0.39 is 5.97 Å². The molecular weight excluding hydrogens is 476 g/mol. The predicted octanol–water partition coefficient (Wildman–Crippen LogP) is 5.96. The fraction of sp³-hybridized carbons (Fsp3) is 0.107. The molecule has 0 unspecified atom stereocenters. The first kappa shape index (κ1) is 23.4. The van der Waals surface area contributed by atoms with Gasteiger partial charge in [-0.1, -0.05) is 54.1 Å². The van der Waals surface area contributed by atoms with Gasteiger partial charge < -0.3 is 19.8 Å². The number of hydrogen-bond donors (Lipinski definition) is 3. The second kappa shape index (κ2) is 10.1. The zero-order valence-electron chi connectivity index (χ0n) is 19.2. The Balaban J connectivity index is 1.55. The van der Waals surface area contributed by atoms with Gasteiger partial charge in [0.15, 0.2) is 5.88 Å². The molecule has 0 spiro atoms. The van der Waals surface area contributed by atoms with Crippen LogP contribution in [0.4, 0.5) is 5.69 Å². The lowest BCUT2D eigenvalue weighted by molar-refractivity contribution is -0.136. The number of fused-ring (bicyclic) bond motifs is 1. The summed E-state index contributed by atoms with van der Waals surface area (Å²) in [4.78, 5) is 23.0. The quantitative estimate of drug-likeness (QED) is 0.230. The molecule has 36 heavy (non-hydrogen) atoms. The summed E-state index contributed by atoms with van der Waals surface area (Å²) in [7, 11) is 0. The Morgan fingerprint density at radius 3 is 2.47 bits per heavy atom. The van der Waals surface area contributed by atoms with Gasteiger partial charge in [-0.25, -0.2) is 9.98 Å². The minimum atomic E-state index is -0.833. The Morgan fingerprint density at radius 1 is 1.03 bits per heavy atom. The van der Waals surface area contributed by atoms with E-state index in [2.05, 4.69) is 9.97 Å². The van der Waals surface area contributed by atoms with Crippen LogP contribution in [0.1, 0.15) is 28.7 Å². The first-order valence-corrected chi connectivity index (χ1v) is 11.8. The summed E-state index contributed by atoms with van der Waals surface area (Å²) in [6.45, 7) is 0.707. The number of imidazole rings is 1. The summed E-state index contributed by atoms with van der Waals surface area (Å²) in [5.74, 6) is -0.835. The van der Waals surface area contributed by atoms with Gasteiger partial charge in [-0.15, -0.1) is 0 Å². The summed E-state index contributed by atoms with van der Waals surface area (Å²) in [5, 5.41) is 21.2. The van der Waals surface area contributed by atoms with Crippen LogP contribution >= 0.6 is 11.6 Å². The van der Waals surface area contributed by atoms with Crippen LogP contribution in [0.25, 0.3) is 10.9 Å². The van der Waals surface area contributed by atoms with Crippen molar-refractivity contribution in [1.29, 1.82) is 0 Å². The van der Waals surface area contributed by atoms with E-state index in [1.807, 2.05) is 65.4 Å². The van der Waals surface area contributed by atoms with Crippen molar-refractivity contribution in [2.24, 2.45) is 4.99 Å². The van der Waals surface area contributed by atoms with Crippen molar-refractivity contribution in [3.05, 3.63) is 113 Å². The van der Waals surface area contributed by atoms with Crippen molar-refractivity contribution in [2.45, 2.75) is 19.4 Å². The van der Waals surface area contributed by atoms with Gasteiger partial charge in [-0.05, 0) is 41.8 Å². The van der Waals surface area contributed by atoms with Crippen molar-refractivity contribution in [1.82, 2.24) is 14.5 Å². The number of H-pyrrole nitrogens is 1. The number of nitrogens with zero attached hydrogens (tertiary/aromatic N) is 3. The Morgan fingerprint density at radius 2 is 1.78 bits per heavy atom. The van der Waals surface area contributed by atoms with Crippen LogP contribution in [-0.2, 0) is 17.8 Å². The number of carbonyl (C=O) groups is 1. The molecule has 0 saturated carbocycles. The van der Waals surface area contributed by atoms with Gasteiger partial charge in [0.1, 0.15) is 0 Å². The van der Waals surface area contributed by atoms with Crippen LogP contribution in [0, 0.1) is 0 Å². The Hall–Kier alpha value is -4.36. The number of aromatic hydroxyl groups is 1. The molecule has 180 valence electrons. The second-order valence-corrected chi connectivity index (χ2v) is 8.93. The number of aromatic nitrogens is 3. The number of benzene rings is 3. The lowest BCUT2D eigenvalue weighted by Gasteiger charge is -2.10. The molecule has 7 nitrogen and oxygen atoms in total. The van der Waals surface area contributed by atoms with Crippen LogP contribution in [0.5, 0.6) is 5.88 Å². The highest BCUT2D eigenvalue weighted by Crippen LogP contribution is 2.33. The summed E-state index contributed by atoms with van der Waals surface area (Å²) in [6, 6.07) is 20.9. The van der Waals surface area contributed by atoms with Crippen LogP contribution in [0.15, 0.2) is 90.4 Å². The number of aryl methyl sites for hydroxylation is 1. The van der Waals surface area contributed by atoms with E-state index in [4.69, 9.17) is 21.7 Å². The number of halogens is 1. The Kier molecular flexibility index (Phi) is 6.56. The molecule has 0 aliphatic carbocycles. The molecule has 0 saturated heterocycles. The molecule has 0 bridgehead atoms. The number of aliphatic imine (C=N–C) groups is 1. The van der Waals surface area contributed by atoms with E-state index in [0.717, 1.165) is 27.8 Å². The third kappa shape index (κ3) is 5.16. The topological polar surface area (TPSA) is 104 Å². The zero-order valence-corrected chi connectivity index (χ0v) is 20.0. The van der Waals surface area contributed by atoms with Crippen molar-refractivity contribution in [3.63, 3.8) is 0 Å². The normalized spacial score (nSPS) is 11.8. The molecule has 5 aromatic rings. The van der Waals surface area contributed by atoms with Gasteiger partial charge in [0.2, 0.25) is 0 Å². The first-order chi connectivity index (χ1) is 17.5. The third-order valence-corrected chi connectivity index (χ3v) is 6.17. The zero-order chi connectivity index (χ0) is 25.1. The van der Waals surface area contributed by atoms with E-state index in [1.165, 1.54) is 0 Å². The van der Waals surface area contributed by atoms with Crippen LogP contribution in [-0.4, -0.2) is 36.4 Å². The van der Waals surface area contributed by atoms with Gasteiger partial charge in [-0.2, -0.15) is 0 Å². The molecule has 5 rings (SSSR count). The Bertz CT molecular complexity index is 1540. The minimum Gasteiger partial charge on any atom is -0.494 e. The molecule has 0 fully saturated rings. The van der Waals surface area contributed by atoms with E-state index in [0.29, 0.717) is 34.8 Å². The molecule has 8 heteroatoms. The largest absolute Gasteiger partial charge is 0.494 e. The number of carboxylic acids is 1. The van der Waals surface area contributed by atoms with Crippen LogP contribution in [0.3, 0.4) is 0 Å². The number of aliphatic carboxylic acids is 1. The highest BCUT2D eigenvalue weighted by molar-refractivity contribution is 6.31. The van der Waals surface area contributed by atoms with Gasteiger partial charge >= 0.3 is 5.97 Å². The minimum absolute atomic E-state index is 0.00213. The molecule has 2 heterocycles. The van der Waals surface area contributed by atoms with Crippen LogP contribution < -0.4 is 0 Å². The van der Waals surface area contributed by atoms with E-state index in [9.17, 15) is 9.90 Å². The fourth-order valence-electron chi connectivity index (χ4n) is 4.14. The highest BCUT2D eigenvalue weighted by Gasteiger charge is 2.19. The molecule has 0 aliphatic heterocycles. The lowest BCUT2D eigenvalue weighted by Crippen LogP contribution is -2.04. The van der Waals surface area contributed by atoms with Crippen molar-refractivity contribution >= 4 is 39.9 Å². The first-order valence-electron chi connectivity index (χ1n) is 11.4. The standard InChI is InChI=1S/C28H23ClN4O3/c29-21-8-11-23-24(15-21)32-28(36)26(23)27(20-6-1-18(2-7-20)5-12-25(34)35)31-22-9-3-19(4-10-22)16-33-14-13-30-17-33/h1-4,6-11,13-15,17,32,36H,5,12,16H2,(H,34,35). The molecule has 0 atom stereocenters. The SMILES string of the molecule is O=C(O)CCc1ccc(C(=Nc2ccc(Cn3ccnc3)cc2)c2c(O)[nH]c3cc(Cl)ccc23)cc1. The van der Waals surface area contributed by atoms with Crippen molar-refractivity contribution < 1.29 is 15.0 Å². The number of carboxylic acid groups (broad SMARTS) is 1. The average Bonchev–Trinajstić information content (AvgIpc) is 3.49. The maximum Gasteiger partial charge on any atom is 0.303 e. The van der Waals surface area contributed by atoms with E-state index in [-0.39, 0.29) is 12.3 Å². The highest BCUT2D eigenvalue weighted by atomic mass is 35.5. The van der Waals surface area contributed by atoms with Gasteiger partial charge in [-0.3, -0.25) is 4.79 Å². The molecule has 3 aromatic carbocycles. The predicted molar refractivity (Wildman–Crippen MR) is 140 cm³/mol. The number of aromatic amines is 1. The van der Waals surface area contributed by atoms with E-state index >= 15 is 0 Å². The smallest absolute Gasteiger partial charge is 0.303 e. The summed E-state index contributed by atoms with van der Waals surface area (Å²) in [6.07, 6.45) is 5.94. The summed E-state index contributed by atoms with van der Waals surface area (Å²) in [5.41, 5.74) is 5.42. The van der Waals surface area contributed by atoms with Crippen LogP contribution in [0.2, 0.25) is 5.02 Å². The average molecular weight is 499 g/mol. The van der Waals surface area contributed by atoms with Crippen molar-refractivity contribution in [2.75, 3.05) is 0 Å². The van der Waals surface area contributed by atoms with Gasteiger partial charge in [0, 0.05) is 41.3 Å². The Labute approximate surface area is 212 Å². The summed E-state index contributed by atoms with van der Waals surface area (Å²) >= 11 is 6.16. The molecule has 0 aliphatic rings. The molecule has 2 aromatic heterocycles. The lowest BCUT2D eigenvalue weighted by atomic mass is 9.98. The number of hydrogen-bond acceptors (Lipinski definition) is 4. The third-order valence-electron chi connectivity index (χ3n) is 5.93. The maximum atomic E-state index is 10.9. The number of rotatable bonds is 8. The van der Waals surface area contributed by atoms with Gasteiger partial charge in [0.25, 0.3) is 0 Å². The monoisotopic (exact) mass is 498 g/mol. The maximum absolute atomic E-state index is 10.9. The molecule has 0 radical (unpaired) electrons. The molecule has 3 N–H and O–H groups in total. The summed E-state index contributed by atoms with van der Waals surface area (Å²) < 4.78 is 1.99. The van der Waals surface area contributed by atoms with E-state index in [1.54, 1.807) is 24.7 Å².